The zero-order valence-electron chi connectivity index (χ0n) is 7.50. The fraction of sp³-hybridized carbons (Fsp3) is 0.667. The zero-order chi connectivity index (χ0) is 10.3. The lowest BCUT2D eigenvalue weighted by atomic mass is 9.96. The summed E-state index contributed by atoms with van der Waals surface area (Å²) in [5.41, 5.74) is -0.379. The van der Waals surface area contributed by atoms with Crippen LogP contribution in [0.2, 0.25) is 0 Å². The quantitative estimate of drug-likeness (QED) is 0.690. The predicted molar refractivity (Wildman–Crippen MR) is 43.4 cm³/mol. The topological polar surface area (TPSA) is 75.7 Å². The summed E-state index contributed by atoms with van der Waals surface area (Å²) >= 11 is 0. The summed E-state index contributed by atoms with van der Waals surface area (Å²) in [6.07, 6.45) is 0. The molecule has 1 heterocycles. The molecule has 0 aliphatic rings. The standard InChI is InChI=1S/C6H10FN3O2S/c1-6(2,3)4-8-5(10-9-4)13(7,11)12/h1-3H3,(H,8,9,10). The van der Waals surface area contributed by atoms with Crippen LogP contribution in [-0.2, 0) is 15.6 Å². The molecule has 1 aromatic rings. The highest BCUT2D eigenvalue weighted by molar-refractivity contribution is 7.86. The van der Waals surface area contributed by atoms with Crippen LogP contribution in [0.3, 0.4) is 0 Å². The van der Waals surface area contributed by atoms with Gasteiger partial charge in [0.1, 0.15) is 5.82 Å². The van der Waals surface area contributed by atoms with Crippen LogP contribution >= 0.6 is 0 Å². The van der Waals surface area contributed by atoms with E-state index < -0.39 is 15.4 Å². The predicted octanol–water partition coefficient (Wildman–Crippen LogP) is 0.760. The first kappa shape index (κ1) is 10.1. The van der Waals surface area contributed by atoms with Gasteiger partial charge in [-0.3, -0.25) is 0 Å². The molecule has 0 saturated heterocycles. The maximum atomic E-state index is 12.4. The smallest absolute Gasteiger partial charge is 0.313 e. The van der Waals surface area contributed by atoms with Gasteiger partial charge in [0.25, 0.3) is 5.16 Å². The highest BCUT2D eigenvalue weighted by Gasteiger charge is 2.23. The number of nitrogens with zero attached hydrogens (tertiary/aromatic N) is 2. The summed E-state index contributed by atoms with van der Waals surface area (Å²) < 4.78 is 33.1. The highest BCUT2D eigenvalue weighted by Crippen LogP contribution is 2.18. The normalized spacial score (nSPS) is 13.2. The Kier molecular flexibility index (Phi) is 2.15. The summed E-state index contributed by atoms with van der Waals surface area (Å²) in [6.45, 7) is 5.42. The number of hydrogen-bond donors (Lipinski definition) is 1. The number of rotatable bonds is 1. The average Bonchev–Trinajstić information content (AvgIpc) is 2.28. The van der Waals surface area contributed by atoms with Crippen molar-refractivity contribution in [3.63, 3.8) is 0 Å². The van der Waals surface area contributed by atoms with E-state index in [9.17, 15) is 12.3 Å². The summed E-state index contributed by atoms with van der Waals surface area (Å²) in [5, 5.41) is 5.98. The minimum Gasteiger partial charge on any atom is -0.313 e. The van der Waals surface area contributed by atoms with Gasteiger partial charge in [-0.1, -0.05) is 24.7 Å². The van der Waals surface area contributed by atoms with Crippen molar-refractivity contribution in [2.45, 2.75) is 31.3 Å². The largest absolute Gasteiger partial charge is 0.368 e. The Balaban J connectivity index is 3.16. The van der Waals surface area contributed by atoms with E-state index in [-0.39, 0.29) is 5.41 Å². The molecule has 0 fully saturated rings. The molecule has 1 aromatic heterocycles. The fourth-order valence-electron chi connectivity index (χ4n) is 0.694. The van der Waals surface area contributed by atoms with Crippen LogP contribution in [0.15, 0.2) is 5.16 Å². The van der Waals surface area contributed by atoms with Gasteiger partial charge >= 0.3 is 10.2 Å². The molecular weight excluding hydrogens is 197 g/mol. The van der Waals surface area contributed by atoms with E-state index in [0.29, 0.717) is 5.82 Å². The van der Waals surface area contributed by atoms with Crippen molar-refractivity contribution in [3.05, 3.63) is 5.82 Å². The van der Waals surface area contributed by atoms with Crippen LogP contribution in [-0.4, -0.2) is 23.6 Å². The molecule has 1 rings (SSSR count). The van der Waals surface area contributed by atoms with Crippen molar-refractivity contribution >= 4 is 10.2 Å². The SMILES string of the molecule is CC(C)(C)c1nnc(S(=O)(=O)F)[nH]1. The molecule has 0 saturated carbocycles. The van der Waals surface area contributed by atoms with Gasteiger partial charge in [0.2, 0.25) is 0 Å². The van der Waals surface area contributed by atoms with Gasteiger partial charge in [-0.05, 0) is 0 Å². The molecular formula is C6H10FN3O2S. The number of hydrogen-bond acceptors (Lipinski definition) is 4. The number of halogens is 1. The Hall–Kier alpha value is -0.980. The lowest BCUT2D eigenvalue weighted by Gasteiger charge is -2.12. The molecule has 13 heavy (non-hydrogen) atoms. The summed E-state index contributed by atoms with van der Waals surface area (Å²) in [4.78, 5) is 2.31. The van der Waals surface area contributed by atoms with Crippen molar-refractivity contribution in [1.29, 1.82) is 0 Å². The lowest BCUT2D eigenvalue weighted by Crippen LogP contribution is -2.13. The van der Waals surface area contributed by atoms with Gasteiger partial charge < -0.3 is 4.98 Å². The number of H-pyrrole nitrogens is 1. The van der Waals surface area contributed by atoms with Gasteiger partial charge in [-0.15, -0.1) is 10.2 Å². The molecule has 0 aliphatic heterocycles. The van der Waals surface area contributed by atoms with Crippen molar-refractivity contribution in [2.75, 3.05) is 0 Å². The van der Waals surface area contributed by atoms with Gasteiger partial charge in [-0.2, -0.15) is 8.42 Å². The molecule has 0 spiro atoms. The van der Waals surface area contributed by atoms with E-state index >= 15 is 0 Å². The fourth-order valence-corrected chi connectivity index (χ4v) is 1.05. The Bertz CT molecular complexity index is 404. The van der Waals surface area contributed by atoms with Crippen LogP contribution in [0.25, 0.3) is 0 Å². The molecule has 7 heteroatoms. The summed E-state index contributed by atoms with van der Waals surface area (Å²) in [7, 11) is -4.77. The first-order valence-electron chi connectivity index (χ1n) is 3.59. The molecule has 0 bridgehead atoms. The van der Waals surface area contributed by atoms with E-state index in [0.717, 1.165) is 0 Å². The highest BCUT2D eigenvalue weighted by atomic mass is 32.3. The van der Waals surface area contributed by atoms with Crippen LogP contribution in [0.1, 0.15) is 26.6 Å². The Labute approximate surface area is 75.6 Å². The van der Waals surface area contributed by atoms with Gasteiger partial charge in [-0.25, -0.2) is 0 Å². The molecule has 74 valence electrons. The third-order valence-electron chi connectivity index (χ3n) is 1.41. The molecule has 0 aliphatic carbocycles. The van der Waals surface area contributed by atoms with E-state index in [4.69, 9.17) is 0 Å². The van der Waals surface area contributed by atoms with Crippen molar-refractivity contribution in [1.82, 2.24) is 15.2 Å². The third-order valence-corrected chi connectivity index (χ3v) is 2.05. The van der Waals surface area contributed by atoms with E-state index in [1.54, 1.807) is 0 Å². The zero-order valence-corrected chi connectivity index (χ0v) is 8.31. The van der Waals surface area contributed by atoms with Crippen LogP contribution < -0.4 is 0 Å². The summed E-state index contributed by atoms with van der Waals surface area (Å²) in [6, 6.07) is 0. The first-order valence-corrected chi connectivity index (χ1v) is 4.97. The molecule has 0 unspecified atom stereocenters. The Morgan fingerprint density at radius 3 is 2.08 bits per heavy atom. The second-order valence-corrected chi connectivity index (χ2v) is 4.93. The third kappa shape index (κ3) is 2.24. The second-order valence-electron chi connectivity index (χ2n) is 3.67. The Morgan fingerprint density at radius 2 is 1.85 bits per heavy atom. The molecule has 0 radical (unpaired) electrons. The average molecular weight is 207 g/mol. The van der Waals surface area contributed by atoms with E-state index in [1.807, 2.05) is 20.8 Å². The maximum absolute atomic E-state index is 12.4. The monoisotopic (exact) mass is 207 g/mol. The minimum absolute atomic E-state index is 0.337. The van der Waals surface area contributed by atoms with Crippen molar-refractivity contribution < 1.29 is 12.3 Å². The van der Waals surface area contributed by atoms with Crippen LogP contribution in [0, 0.1) is 0 Å². The van der Waals surface area contributed by atoms with Crippen LogP contribution in [0.5, 0.6) is 0 Å². The van der Waals surface area contributed by atoms with Gasteiger partial charge in [0.15, 0.2) is 0 Å². The Morgan fingerprint density at radius 1 is 1.31 bits per heavy atom. The van der Waals surface area contributed by atoms with Crippen LogP contribution in [0.4, 0.5) is 3.89 Å². The number of nitrogens with one attached hydrogen (secondary N) is 1. The lowest BCUT2D eigenvalue weighted by molar-refractivity contribution is 0.537. The van der Waals surface area contributed by atoms with Gasteiger partial charge in [0, 0.05) is 5.41 Å². The number of aromatic amines is 1. The maximum Gasteiger partial charge on any atom is 0.368 e. The molecule has 1 N–H and O–H groups in total. The van der Waals surface area contributed by atoms with E-state index in [2.05, 4.69) is 15.2 Å². The number of aromatic nitrogens is 3. The molecule has 0 amide bonds. The van der Waals surface area contributed by atoms with Crippen molar-refractivity contribution in [3.8, 4) is 0 Å². The first-order chi connectivity index (χ1) is 5.71. The molecule has 0 atom stereocenters. The van der Waals surface area contributed by atoms with E-state index in [1.165, 1.54) is 0 Å². The second kappa shape index (κ2) is 2.76. The van der Waals surface area contributed by atoms with Gasteiger partial charge in [0.05, 0.1) is 0 Å². The summed E-state index contributed by atoms with van der Waals surface area (Å²) in [5.74, 6) is 0.337. The van der Waals surface area contributed by atoms with Crippen molar-refractivity contribution in [2.24, 2.45) is 0 Å². The minimum atomic E-state index is -4.77. The molecule has 0 aromatic carbocycles. The molecule has 5 nitrogen and oxygen atoms in total.